The van der Waals surface area contributed by atoms with E-state index in [2.05, 4.69) is 41.5 Å². The number of hydrogen-bond donors (Lipinski definition) is 1. The van der Waals surface area contributed by atoms with Gasteiger partial charge in [-0.15, -0.1) is 0 Å². The molecule has 0 spiro atoms. The number of nitrogens with zero attached hydrogens (tertiary/aromatic N) is 2. The molecule has 0 saturated carbocycles. The molecule has 1 aromatic heterocycles. The molecule has 5 heteroatoms. The quantitative estimate of drug-likeness (QED) is 0.706. The maximum absolute atomic E-state index is 12.5. The lowest BCUT2D eigenvalue weighted by Gasteiger charge is -2.17. The first-order valence-corrected chi connectivity index (χ1v) is 9.36. The highest BCUT2D eigenvalue weighted by Crippen LogP contribution is 2.30. The standard InChI is InChI=1S/C21H23N3OS/c1-14-10-15(2)20(16(3)11-14)23-19(25)13-24(4)21-22-12-18(26-21)17-8-6-5-7-9-17/h5-12H,13H2,1-4H3,(H,23,25). The smallest absolute Gasteiger partial charge is 0.243 e. The molecule has 0 aliphatic carbocycles. The number of carbonyl (C=O) groups is 1. The van der Waals surface area contributed by atoms with Gasteiger partial charge in [0.25, 0.3) is 0 Å². The molecule has 0 saturated heterocycles. The van der Waals surface area contributed by atoms with Crippen molar-refractivity contribution in [2.45, 2.75) is 20.8 Å². The third-order valence-corrected chi connectivity index (χ3v) is 5.36. The number of thiazole rings is 1. The molecule has 3 aromatic rings. The van der Waals surface area contributed by atoms with Crippen LogP contribution in [-0.4, -0.2) is 24.5 Å². The highest BCUT2D eigenvalue weighted by molar-refractivity contribution is 7.18. The van der Waals surface area contributed by atoms with Gasteiger partial charge < -0.3 is 10.2 Å². The summed E-state index contributed by atoms with van der Waals surface area (Å²) >= 11 is 1.59. The van der Waals surface area contributed by atoms with Crippen LogP contribution in [0.25, 0.3) is 10.4 Å². The van der Waals surface area contributed by atoms with E-state index in [9.17, 15) is 4.79 Å². The summed E-state index contributed by atoms with van der Waals surface area (Å²) in [5.74, 6) is -0.0426. The van der Waals surface area contributed by atoms with Gasteiger partial charge in [-0.3, -0.25) is 4.79 Å². The molecular formula is C21H23N3OS. The van der Waals surface area contributed by atoms with Crippen molar-refractivity contribution in [3.05, 3.63) is 65.4 Å². The van der Waals surface area contributed by atoms with Gasteiger partial charge in [0.2, 0.25) is 5.91 Å². The SMILES string of the molecule is Cc1cc(C)c(NC(=O)CN(C)c2ncc(-c3ccccc3)s2)c(C)c1. The number of nitrogens with one attached hydrogen (secondary N) is 1. The molecule has 0 radical (unpaired) electrons. The summed E-state index contributed by atoms with van der Waals surface area (Å²) in [5, 5.41) is 3.87. The topological polar surface area (TPSA) is 45.2 Å². The molecule has 26 heavy (non-hydrogen) atoms. The van der Waals surface area contributed by atoms with E-state index in [4.69, 9.17) is 0 Å². The zero-order valence-electron chi connectivity index (χ0n) is 15.5. The van der Waals surface area contributed by atoms with Crippen LogP contribution in [0.15, 0.2) is 48.7 Å². The summed E-state index contributed by atoms with van der Waals surface area (Å²) in [4.78, 5) is 19.9. The van der Waals surface area contributed by atoms with Crippen molar-refractivity contribution < 1.29 is 4.79 Å². The number of likely N-dealkylation sites (N-methyl/N-ethyl adjacent to an activating group) is 1. The average Bonchev–Trinajstić information content (AvgIpc) is 3.09. The summed E-state index contributed by atoms with van der Waals surface area (Å²) in [6, 6.07) is 14.3. The van der Waals surface area contributed by atoms with Crippen LogP contribution >= 0.6 is 11.3 Å². The zero-order valence-corrected chi connectivity index (χ0v) is 16.4. The van der Waals surface area contributed by atoms with E-state index >= 15 is 0 Å². The van der Waals surface area contributed by atoms with E-state index < -0.39 is 0 Å². The van der Waals surface area contributed by atoms with Gasteiger partial charge >= 0.3 is 0 Å². The molecule has 1 amide bonds. The van der Waals surface area contributed by atoms with Crippen LogP contribution in [-0.2, 0) is 4.79 Å². The molecule has 0 bridgehead atoms. The number of anilines is 2. The molecule has 0 unspecified atom stereocenters. The lowest BCUT2D eigenvalue weighted by molar-refractivity contribution is -0.114. The van der Waals surface area contributed by atoms with Gasteiger partial charge in [-0.05, 0) is 37.5 Å². The number of amides is 1. The fourth-order valence-corrected chi connectivity index (χ4v) is 3.90. The lowest BCUT2D eigenvalue weighted by atomic mass is 10.1. The molecule has 0 aliphatic rings. The predicted molar refractivity (Wildman–Crippen MR) is 110 cm³/mol. The molecule has 4 nitrogen and oxygen atoms in total. The van der Waals surface area contributed by atoms with Crippen molar-refractivity contribution in [2.75, 3.05) is 23.8 Å². The number of aryl methyl sites for hydroxylation is 3. The van der Waals surface area contributed by atoms with E-state index in [1.54, 1.807) is 11.3 Å². The average molecular weight is 366 g/mol. The molecule has 1 heterocycles. The van der Waals surface area contributed by atoms with Crippen molar-refractivity contribution in [3.8, 4) is 10.4 Å². The van der Waals surface area contributed by atoms with Gasteiger partial charge in [-0.25, -0.2) is 4.98 Å². The zero-order chi connectivity index (χ0) is 18.7. The Morgan fingerprint density at radius 2 is 1.77 bits per heavy atom. The normalized spacial score (nSPS) is 10.6. The van der Waals surface area contributed by atoms with Crippen LogP contribution in [0.4, 0.5) is 10.8 Å². The summed E-state index contributed by atoms with van der Waals surface area (Å²) in [6.07, 6.45) is 1.86. The Morgan fingerprint density at radius 3 is 2.42 bits per heavy atom. The fraction of sp³-hybridized carbons (Fsp3) is 0.238. The second-order valence-electron chi connectivity index (χ2n) is 6.55. The van der Waals surface area contributed by atoms with Crippen molar-refractivity contribution in [3.63, 3.8) is 0 Å². The van der Waals surface area contributed by atoms with Crippen molar-refractivity contribution >= 4 is 28.1 Å². The Labute approximate surface area is 158 Å². The second-order valence-corrected chi connectivity index (χ2v) is 7.56. The van der Waals surface area contributed by atoms with E-state index in [0.29, 0.717) is 0 Å². The third-order valence-electron chi connectivity index (χ3n) is 4.20. The number of hydrogen-bond acceptors (Lipinski definition) is 4. The van der Waals surface area contributed by atoms with Gasteiger partial charge in [0.1, 0.15) is 0 Å². The van der Waals surface area contributed by atoms with Gasteiger partial charge in [0, 0.05) is 18.9 Å². The van der Waals surface area contributed by atoms with E-state index in [-0.39, 0.29) is 12.5 Å². The van der Waals surface area contributed by atoms with Crippen molar-refractivity contribution in [1.29, 1.82) is 0 Å². The molecule has 0 atom stereocenters. The number of benzene rings is 2. The van der Waals surface area contributed by atoms with Crippen LogP contribution in [0.5, 0.6) is 0 Å². The molecule has 0 aliphatic heterocycles. The first kappa shape index (κ1) is 18.1. The van der Waals surface area contributed by atoms with Crippen LogP contribution in [0.2, 0.25) is 0 Å². The summed E-state index contributed by atoms with van der Waals surface area (Å²) in [5.41, 5.74) is 5.41. The first-order valence-electron chi connectivity index (χ1n) is 8.54. The summed E-state index contributed by atoms with van der Waals surface area (Å²) in [6.45, 7) is 6.36. The second kappa shape index (κ2) is 7.70. The minimum Gasteiger partial charge on any atom is -0.342 e. The fourth-order valence-electron chi connectivity index (χ4n) is 3.02. The largest absolute Gasteiger partial charge is 0.342 e. The van der Waals surface area contributed by atoms with Crippen LogP contribution in [0.1, 0.15) is 16.7 Å². The molecule has 0 fully saturated rings. The Bertz CT molecular complexity index is 895. The van der Waals surface area contributed by atoms with Crippen LogP contribution < -0.4 is 10.2 Å². The van der Waals surface area contributed by atoms with Gasteiger partial charge in [-0.2, -0.15) is 0 Å². The predicted octanol–water partition coefficient (Wildman–Crippen LogP) is 4.81. The Balaban J connectivity index is 1.68. The summed E-state index contributed by atoms with van der Waals surface area (Å²) in [7, 11) is 1.89. The highest BCUT2D eigenvalue weighted by Gasteiger charge is 2.14. The number of carbonyl (C=O) groups excluding carboxylic acids is 1. The molecule has 1 N–H and O–H groups in total. The molecular weight excluding hydrogens is 342 g/mol. The minimum atomic E-state index is -0.0426. The van der Waals surface area contributed by atoms with Gasteiger partial charge in [-0.1, -0.05) is 59.4 Å². The number of rotatable bonds is 5. The number of aromatic nitrogens is 1. The molecule has 134 valence electrons. The van der Waals surface area contributed by atoms with Crippen molar-refractivity contribution in [2.24, 2.45) is 0 Å². The Morgan fingerprint density at radius 1 is 1.12 bits per heavy atom. The van der Waals surface area contributed by atoms with E-state index in [1.807, 2.05) is 50.2 Å². The Kier molecular flexibility index (Phi) is 5.38. The third kappa shape index (κ3) is 4.11. The van der Waals surface area contributed by atoms with Crippen LogP contribution in [0.3, 0.4) is 0 Å². The minimum absolute atomic E-state index is 0.0426. The Hall–Kier alpha value is -2.66. The maximum Gasteiger partial charge on any atom is 0.243 e. The lowest BCUT2D eigenvalue weighted by Crippen LogP contribution is -2.30. The first-order chi connectivity index (χ1) is 12.4. The monoisotopic (exact) mass is 365 g/mol. The van der Waals surface area contributed by atoms with Crippen LogP contribution in [0, 0.1) is 20.8 Å². The highest BCUT2D eigenvalue weighted by atomic mass is 32.1. The van der Waals surface area contributed by atoms with Crippen molar-refractivity contribution in [1.82, 2.24) is 4.98 Å². The van der Waals surface area contributed by atoms with Gasteiger partial charge in [0.15, 0.2) is 5.13 Å². The molecule has 3 rings (SSSR count). The van der Waals surface area contributed by atoms with E-state index in [1.165, 1.54) is 5.56 Å². The maximum atomic E-state index is 12.5. The molecule has 2 aromatic carbocycles. The van der Waals surface area contributed by atoms with E-state index in [0.717, 1.165) is 32.4 Å². The summed E-state index contributed by atoms with van der Waals surface area (Å²) < 4.78 is 0. The van der Waals surface area contributed by atoms with Gasteiger partial charge in [0.05, 0.1) is 11.4 Å².